The van der Waals surface area contributed by atoms with Crippen LogP contribution in [-0.4, -0.2) is 42.6 Å². The number of carbonyl (C=O) groups excluding carboxylic acids is 1. The number of hydrogen-bond acceptors (Lipinski definition) is 3. The molecule has 2 heterocycles. The lowest BCUT2D eigenvalue weighted by Crippen LogP contribution is -2.38. The van der Waals surface area contributed by atoms with Gasteiger partial charge in [0.05, 0.1) is 12.0 Å². The van der Waals surface area contributed by atoms with E-state index in [1.54, 1.807) is 0 Å². The van der Waals surface area contributed by atoms with E-state index in [1.807, 2.05) is 11.8 Å². The van der Waals surface area contributed by atoms with Gasteiger partial charge in [0.1, 0.15) is 0 Å². The normalized spacial score (nSPS) is 41.1. The van der Waals surface area contributed by atoms with Crippen LogP contribution in [-0.2, 0) is 9.53 Å². The minimum absolute atomic E-state index is 0.0579. The fourth-order valence-corrected chi connectivity index (χ4v) is 2.46. The molecular formula is C11H20N2O2. The van der Waals surface area contributed by atoms with Crippen LogP contribution in [0.1, 0.15) is 20.3 Å². The Hall–Kier alpha value is -0.610. The Morgan fingerprint density at radius 1 is 1.40 bits per heavy atom. The molecule has 4 unspecified atom stereocenters. The topological polar surface area (TPSA) is 55.6 Å². The van der Waals surface area contributed by atoms with Crippen LogP contribution < -0.4 is 5.73 Å². The van der Waals surface area contributed by atoms with E-state index >= 15 is 0 Å². The molecule has 4 nitrogen and oxygen atoms in total. The van der Waals surface area contributed by atoms with E-state index in [0.29, 0.717) is 19.1 Å². The van der Waals surface area contributed by atoms with Crippen LogP contribution in [0.15, 0.2) is 0 Å². The first kappa shape index (κ1) is 10.9. The highest BCUT2D eigenvalue weighted by atomic mass is 16.5. The van der Waals surface area contributed by atoms with Gasteiger partial charge in [-0.25, -0.2) is 0 Å². The van der Waals surface area contributed by atoms with E-state index in [-0.39, 0.29) is 24.0 Å². The summed E-state index contributed by atoms with van der Waals surface area (Å²) in [6, 6.07) is 0.145. The molecule has 0 aromatic heterocycles. The number of hydrogen-bond donors (Lipinski definition) is 1. The zero-order valence-corrected chi connectivity index (χ0v) is 9.48. The van der Waals surface area contributed by atoms with Crippen LogP contribution in [0.5, 0.6) is 0 Å². The Morgan fingerprint density at radius 2 is 2.13 bits per heavy atom. The van der Waals surface area contributed by atoms with Crippen molar-refractivity contribution in [3.8, 4) is 0 Å². The molecular weight excluding hydrogens is 192 g/mol. The zero-order chi connectivity index (χ0) is 11.0. The van der Waals surface area contributed by atoms with Gasteiger partial charge in [-0.15, -0.1) is 0 Å². The Balaban J connectivity index is 1.97. The third kappa shape index (κ3) is 2.01. The molecule has 15 heavy (non-hydrogen) atoms. The molecule has 1 amide bonds. The van der Waals surface area contributed by atoms with Gasteiger partial charge in [0, 0.05) is 25.7 Å². The molecule has 2 aliphatic heterocycles. The maximum Gasteiger partial charge on any atom is 0.228 e. The van der Waals surface area contributed by atoms with Crippen molar-refractivity contribution >= 4 is 5.91 Å². The summed E-state index contributed by atoms with van der Waals surface area (Å²) in [5, 5.41) is 0. The van der Waals surface area contributed by atoms with Crippen molar-refractivity contribution in [3.63, 3.8) is 0 Å². The van der Waals surface area contributed by atoms with E-state index in [0.717, 1.165) is 13.0 Å². The molecule has 2 aliphatic rings. The molecule has 2 N–H and O–H groups in total. The molecule has 4 heteroatoms. The third-order valence-electron chi connectivity index (χ3n) is 3.68. The standard InChI is InChI=1S/C11H20N2O2/c1-7-5-13(6-10(7)12)11(14)9-3-4-15-8(9)2/h7-10H,3-6,12H2,1-2H3. The van der Waals surface area contributed by atoms with Gasteiger partial charge in [0.2, 0.25) is 5.91 Å². The van der Waals surface area contributed by atoms with E-state index in [9.17, 15) is 4.79 Å². The van der Waals surface area contributed by atoms with Gasteiger partial charge in [-0.05, 0) is 19.3 Å². The molecule has 0 bridgehead atoms. The Bertz CT molecular complexity index is 247. The van der Waals surface area contributed by atoms with Crippen molar-refractivity contribution in [2.75, 3.05) is 19.7 Å². The van der Waals surface area contributed by atoms with Crippen LogP contribution >= 0.6 is 0 Å². The summed E-state index contributed by atoms with van der Waals surface area (Å²) in [6.07, 6.45) is 0.935. The first-order valence-electron chi connectivity index (χ1n) is 5.75. The molecule has 2 saturated heterocycles. The average molecular weight is 212 g/mol. The molecule has 0 saturated carbocycles. The second-order valence-corrected chi connectivity index (χ2v) is 4.86. The third-order valence-corrected chi connectivity index (χ3v) is 3.68. The maximum absolute atomic E-state index is 12.1. The van der Waals surface area contributed by atoms with Gasteiger partial charge in [-0.3, -0.25) is 4.79 Å². The minimum Gasteiger partial charge on any atom is -0.378 e. The summed E-state index contributed by atoms with van der Waals surface area (Å²) in [5.41, 5.74) is 5.91. The van der Waals surface area contributed by atoms with Crippen molar-refractivity contribution in [2.45, 2.75) is 32.4 Å². The fourth-order valence-electron chi connectivity index (χ4n) is 2.46. The fraction of sp³-hybridized carbons (Fsp3) is 0.909. The molecule has 0 aromatic carbocycles. The Kier molecular flexibility index (Phi) is 2.98. The number of ether oxygens (including phenoxy) is 1. The molecule has 2 fully saturated rings. The van der Waals surface area contributed by atoms with Gasteiger partial charge < -0.3 is 15.4 Å². The SMILES string of the molecule is CC1CN(C(=O)C2CCOC2C)CC1N. The smallest absolute Gasteiger partial charge is 0.228 e. The summed E-state index contributed by atoms with van der Waals surface area (Å²) in [5.74, 6) is 0.717. The summed E-state index contributed by atoms with van der Waals surface area (Å²) < 4.78 is 5.42. The van der Waals surface area contributed by atoms with E-state index in [2.05, 4.69) is 6.92 Å². The van der Waals surface area contributed by atoms with E-state index in [1.165, 1.54) is 0 Å². The highest BCUT2D eigenvalue weighted by molar-refractivity contribution is 5.80. The first-order chi connectivity index (χ1) is 7.09. The molecule has 86 valence electrons. The van der Waals surface area contributed by atoms with Crippen molar-refractivity contribution < 1.29 is 9.53 Å². The summed E-state index contributed by atoms with van der Waals surface area (Å²) >= 11 is 0. The monoisotopic (exact) mass is 212 g/mol. The Labute approximate surface area is 90.8 Å². The molecule has 2 rings (SSSR count). The van der Waals surface area contributed by atoms with Crippen molar-refractivity contribution in [2.24, 2.45) is 17.6 Å². The molecule has 0 spiro atoms. The molecule has 0 radical (unpaired) electrons. The van der Waals surface area contributed by atoms with E-state index in [4.69, 9.17) is 10.5 Å². The zero-order valence-electron chi connectivity index (χ0n) is 9.48. The lowest BCUT2D eigenvalue weighted by Gasteiger charge is -2.22. The van der Waals surface area contributed by atoms with Crippen LogP contribution in [0.25, 0.3) is 0 Å². The van der Waals surface area contributed by atoms with E-state index < -0.39 is 0 Å². The predicted molar refractivity (Wildman–Crippen MR) is 57.2 cm³/mol. The minimum atomic E-state index is 0.0579. The van der Waals surface area contributed by atoms with Gasteiger partial charge in [-0.1, -0.05) is 6.92 Å². The number of nitrogens with two attached hydrogens (primary N) is 1. The maximum atomic E-state index is 12.1. The Morgan fingerprint density at radius 3 is 2.60 bits per heavy atom. The summed E-state index contributed by atoms with van der Waals surface area (Å²) in [4.78, 5) is 14.0. The van der Waals surface area contributed by atoms with Gasteiger partial charge in [-0.2, -0.15) is 0 Å². The lowest BCUT2D eigenvalue weighted by molar-refractivity contribution is -0.136. The number of carbonyl (C=O) groups is 1. The van der Waals surface area contributed by atoms with Gasteiger partial charge >= 0.3 is 0 Å². The van der Waals surface area contributed by atoms with Crippen LogP contribution in [0.4, 0.5) is 0 Å². The van der Waals surface area contributed by atoms with Crippen molar-refractivity contribution in [1.29, 1.82) is 0 Å². The average Bonchev–Trinajstić information content (AvgIpc) is 2.74. The predicted octanol–water partition coefficient (Wildman–Crippen LogP) is 0.217. The second kappa shape index (κ2) is 4.10. The largest absolute Gasteiger partial charge is 0.378 e. The van der Waals surface area contributed by atoms with Gasteiger partial charge in [0.25, 0.3) is 0 Å². The summed E-state index contributed by atoms with van der Waals surface area (Å²) in [7, 11) is 0. The van der Waals surface area contributed by atoms with Gasteiger partial charge in [0.15, 0.2) is 0 Å². The van der Waals surface area contributed by atoms with Crippen molar-refractivity contribution in [1.82, 2.24) is 4.90 Å². The first-order valence-corrected chi connectivity index (χ1v) is 5.75. The highest BCUT2D eigenvalue weighted by Crippen LogP contribution is 2.25. The van der Waals surface area contributed by atoms with Crippen LogP contribution in [0, 0.1) is 11.8 Å². The van der Waals surface area contributed by atoms with Crippen LogP contribution in [0.2, 0.25) is 0 Å². The highest BCUT2D eigenvalue weighted by Gasteiger charge is 2.37. The van der Waals surface area contributed by atoms with Crippen LogP contribution in [0.3, 0.4) is 0 Å². The molecule has 0 aromatic rings. The van der Waals surface area contributed by atoms with Crippen molar-refractivity contribution in [3.05, 3.63) is 0 Å². The summed E-state index contributed by atoms with van der Waals surface area (Å²) in [6.45, 7) is 6.32. The number of nitrogens with zero attached hydrogens (tertiary/aromatic N) is 1. The lowest BCUT2D eigenvalue weighted by atomic mass is 10.0. The second-order valence-electron chi connectivity index (χ2n) is 4.86. The number of amides is 1. The number of likely N-dealkylation sites (tertiary alicyclic amines) is 1. The quantitative estimate of drug-likeness (QED) is 0.676. The molecule has 4 atom stereocenters. The number of rotatable bonds is 1. The molecule has 0 aliphatic carbocycles.